The molecule has 0 aromatic rings. The fourth-order valence-corrected chi connectivity index (χ4v) is 12.2. The second-order valence-electron chi connectivity index (χ2n) is 26.1. The Morgan fingerprint density at radius 2 is 0.705 bits per heavy atom. The van der Waals surface area contributed by atoms with Crippen LogP contribution in [0, 0.1) is 63.6 Å². The highest BCUT2D eigenvalue weighted by molar-refractivity contribution is 8.13. The Balaban J connectivity index is 1.33. The molecule has 16 heteroatoms. The van der Waals surface area contributed by atoms with Gasteiger partial charge in [0.1, 0.15) is 39.6 Å². The zero-order valence-electron chi connectivity index (χ0n) is 50.0. The fraction of sp³-hybridized carbons (Fsp3) is 0.887. The summed E-state index contributed by atoms with van der Waals surface area (Å²) < 4.78 is 35.1. The summed E-state index contributed by atoms with van der Waals surface area (Å²) in [5, 5.41) is 8.35. The van der Waals surface area contributed by atoms with Crippen LogP contribution in [-0.4, -0.2) is 130 Å². The summed E-state index contributed by atoms with van der Waals surface area (Å²) >= 11 is 1.13. The van der Waals surface area contributed by atoms with Gasteiger partial charge in [0.15, 0.2) is 5.90 Å². The number of hydrogen-bond acceptors (Lipinski definition) is 15. The summed E-state index contributed by atoms with van der Waals surface area (Å²) in [4.78, 5) is 83.5. The Hall–Kier alpha value is -3.40. The molecule has 4 fully saturated rings. The van der Waals surface area contributed by atoms with Crippen LogP contribution in [0.25, 0.3) is 0 Å². The van der Waals surface area contributed by atoms with E-state index in [2.05, 4.69) is 27.7 Å². The number of nitrogens with zero attached hydrogens (tertiary/aromatic N) is 2. The Morgan fingerprint density at radius 3 is 1.01 bits per heavy atom. The number of thioether (sulfide) groups is 1. The van der Waals surface area contributed by atoms with Gasteiger partial charge < -0.3 is 38.2 Å². The van der Waals surface area contributed by atoms with Crippen molar-refractivity contribution in [2.75, 3.05) is 79.1 Å². The molecule has 448 valence electrons. The zero-order valence-corrected chi connectivity index (χ0v) is 50.8. The molecule has 1 N–H and O–H groups in total. The number of ether oxygens (including phenoxy) is 6. The number of esters is 5. The molecule has 1 unspecified atom stereocenters. The standard InChI is InChI=1S/C62H107N3O12S/c1-46-10-18-50(19-11-46)26-30-54(63)72-40-61(5,41-73-55(66)31-27-51-20-12-47(2)13-21-51)42-76-58(69)34-37-65(60(71)78-39-9-36-64(7)8)38-35-59(70)77-45-62(6,43-74-56(67)32-28-52-22-14-48(3)15-23-52)44-75-57(68)33-29-53-24-16-49(4)17-25-53/h46-53,63H,9-45H2,1-8H3. The van der Waals surface area contributed by atoms with Crippen molar-refractivity contribution in [3.8, 4) is 0 Å². The van der Waals surface area contributed by atoms with Crippen molar-refractivity contribution in [1.82, 2.24) is 9.80 Å². The lowest BCUT2D eigenvalue weighted by Crippen LogP contribution is -2.38. The first-order chi connectivity index (χ1) is 37.2. The van der Waals surface area contributed by atoms with Gasteiger partial charge in [-0.3, -0.25) is 34.2 Å². The fourth-order valence-electron chi connectivity index (χ4n) is 11.4. The van der Waals surface area contributed by atoms with Gasteiger partial charge in [-0.25, -0.2) is 0 Å². The first-order valence-corrected chi connectivity index (χ1v) is 31.7. The number of nitrogens with one attached hydrogen (secondary N) is 1. The minimum Gasteiger partial charge on any atom is -0.480 e. The van der Waals surface area contributed by atoms with E-state index >= 15 is 0 Å². The lowest BCUT2D eigenvalue weighted by atomic mass is 9.81. The van der Waals surface area contributed by atoms with Crippen molar-refractivity contribution < 1.29 is 57.2 Å². The number of amides is 1. The quantitative estimate of drug-likeness (QED) is 0.0211. The van der Waals surface area contributed by atoms with E-state index in [1.54, 1.807) is 6.92 Å². The summed E-state index contributed by atoms with van der Waals surface area (Å²) in [6.45, 7) is 13.0. The molecule has 4 aliphatic rings. The number of carbonyl (C=O) groups excluding carboxylic acids is 6. The van der Waals surface area contributed by atoms with Gasteiger partial charge in [0, 0.05) is 44.5 Å². The molecule has 4 saturated carbocycles. The van der Waals surface area contributed by atoms with Crippen LogP contribution in [0.2, 0.25) is 0 Å². The molecule has 1 atom stereocenters. The first kappa shape index (κ1) is 67.1. The second-order valence-corrected chi connectivity index (χ2v) is 27.1. The maximum atomic E-state index is 13.7. The lowest BCUT2D eigenvalue weighted by Gasteiger charge is -2.30. The van der Waals surface area contributed by atoms with Crippen molar-refractivity contribution in [2.24, 2.45) is 58.2 Å². The minimum atomic E-state index is -1.01. The summed E-state index contributed by atoms with van der Waals surface area (Å²) in [7, 11) is 3.93. The number of carbonyl (C=O) groups is 6. The molecule has 78 heavy (non-hydrogen) atoms. The maximum absolute atomic E-state index is 13.7. The summed E-state index contributed by atoms with van der Waals surface area (Å²) in [6.07, 6.45) is 23.6. The van der Waals surface area contributed by atoms with Gasteiger partial charge in [-0.1, -0.05) is 142 Å². The molecule has 0 bridgehead atoms. The third kappa shape index (κ3) is 28.8. The first-order valence-electron chi connectivity index (χ1n) is 30.7. The van der Waals surface area contributed by atoms with Gasteiger partial charge in [0.05, 0.1) is 23.7 Å². The Kier molecular flexibility index (Phi) is 31.1. The highest BCUT2D eigenvalue weighted by Gasteiger charge is 2.34. The van der Waals surface area contributed by atoms with Crippen molar-refractivity contribution in [3.63, 3.8) is 0 Å². The molecule has 1 amide bonds. The third-order valence-corrected chi connectivity index (χ3v) is 18.5. The van der Waals surface area contributed by atoms with Crippen LogP contribution in [-0.2, 0) is 52.4 Å². The molecule has 0 aliphatic heterocycles. The average molecular weight is 1120 g/mol. The second kappa shape index (κ2) is 36.1. The van der Waals surface area contributed by atoms with E-state index < -0.39 is 22.8 Å². The van der Waals surface area contributed by atoms with E-state index in [1.807, 2.05) is 25.9 Å². The van der Waals surface area contributed by atoms with Crippen molar-refractivity contribution in [3.05, 3.63) is 0 Å². The van der Waals surface area contributed by atoms with E-state index in [9.17, 15) is 28.8 Å². The zero-order chi connectivity index (χ0) is 56.9. The van der Waals surface area contributed by atoms with E-state index in [1.165, 1.54) is 69.1 Å². The molecule has 15 nitrogen and oxygen atoms in total. The molecule has 4 aliphatic carbocycles. The Labute approximate surface area is 475 Å². The van der Waals surface area contributed by atoms with Crippen LogP contribution in [0.5, 0.6) is 0 Å². The number of rotatable bonds is 34. The van der Waals surface area contributed by atoms with E-state index in [-0.39, 0.29) is 94.6 Å². The third-order valence-electron chi connectivity index (χ3n) is 17.5. The SMILES string of the molecule is CC1CCC(CCC(=N)OCC(C)(COC(=O)CCC2CCC(C)CC2)COC(=O)CCN(CCC(=O)OCC(C)(COC(=O)CCC2CCC(C)CC2)COC(=O)CCC2CCC(C)CC2)C(=O)SCCCN(C)C)CC1. The molecule has 0 aromatic carbocycles. The Bertz CT molecular complexity index is 1600. The van der Waals surface area contributed by atoms with E-state index in [4.69, 9.17) is 33.8 Å². The van der Waals surface area contributed by atoms with Gasteiger partial charge in [-0.15, -0.1) is 0 Å². The highest BCUT2D eigenvalue weighted by Crippen LogP contribution is 2.35. The summed E-state index contributed by atoms with van der Waals surface area (Å²) in [5.41, 5.74) is -1.95. The van der Waals surface area contributed by atoms with Gasteiger partial charge in [0.2, 0.25) is 0 Å². The maximum Gasteiger partial charge on any atom is 0.307 e. The smallest absolute Gasteiger partial charge is 0.307 e. The molecule has 0 saturated heterocycles. The molecule has 0 heterocycles. The normalized spacial score (nSPS) is 25.1. The van der Waals surface area contributed by atoms with Crippen LogP contribution in [0.4, 0.5) is 4.79 Å². The number of hydrogen-bond donors (Lipinski definition) is 1. The van der Waals surface area contributed by atoms with Gasteiger partial charge in [0.25, 0.3) is 5.24 Å². The van der Waals surface area contributed by atoms with E-state index in [0.717, 1.165) is 113 Å². The predicted molar refractivity (Wildman–Crippen MR) is 308 cm³/mol. The minimum absolute atomic E-state index is 0.0122. The lowest BCUT2D eigenvalue weighted by molar-refractivity contribution is -0.161. The van der Waals surface area contributed by atoms with Gasteiger partial charge in [-0.2, -0.15) is 0 Å². The monoisotopic (exact) mass is 1120 g/mol. The van der Waals surface area contributed by atoms with Crippen molar-refractivity contribution in [2.45, 2.75) is 215 Å². The largest absolute Gasteiger partial charge is 0.480 e. The van der Waals surface area contributed by atoms with Crippen molar-refractivity contribution in [1.29, 1.82) is 5.41 Å². The van der Waals surface area contributed by atoms with Crippen LogP contribution in [0.15, 0.2) is 0 Å². The van der Waals surface area contributed by atoms with Crippen LogP contribution >= 0.6 is 11.8 Å². The van der Waals surface area contributed by atoms with E-state index in [0.29, 0.717) is 55.1 Å². The molecular formula is C62H107N3O12S. The molecule has 0 spiro atoms. The summed E-state index contributed by atoms with van der Waals surface area (Å²) in [6, 6.07) is 0. The molecule has 0 radical (unpaired) electrons. The Morgan fingerprint density at radius 1 is 0.423 bits per heavy atom. The van der Waals surface area contributed by atoms with Crippen LogP contribution in [0.1, 0.15) is 215 Å². The molecule has 4 rings (SSSR count). The van der Waals surface area contributed by atoms with Crippen LogP contribution < -0.4 is 0 Å². The average Bonchev–Trinajstić information content (AvgIpc) is 3.42. The van der Waals surface area contributed by atoms with Gasteiger partial charge in [-0.05, 0) is 114 Å². The topological polar surface area (TPSA) is 188 Å². The van der Waals surface area contributed by atoms with Crippen molar-refractivity contribution >= 4 is 52.7 Å². The molecular weight excluding hydrogens is 1010 g/mol. The highest BCUT2D eigenvalue weighted by atomic mass is 32.2. The summed E-state index contributed by atoms with van der Waals surface area (Å²) in [5.74, 6) is 3.61. The van der Waals surface area contributed by atoms with Gasteiger partial charge >= 0.3 is 29.8 Å². The predicted octanol–water partition coefficient (Wildman–Crippen LogP) is 13.0. The van der Waals surface area contributed by atoms with Crippen LogP contribution in [0.3, 0.4) is 0 Å². The molecule has 0 aromatic heterocycles.